The average Bonchev–Trinajstić information content (AvgIpc) is 2.95. The van der Waals surface area contributed by atoms with Gasteiger partial charge in [0.25, 0.3) is 0 Å². The van der Waals surface area contributed by atoms with Gasteiger partial charge in [0, 0.05) is 14.2 Å². The first kappa shape index (κ1) is 17.8. The van der Waals surface area contributed by atoms with E-state index in [1.54, 1.807) is 0 Å². The summed E-state index contributed by atoms with van der Waals surface area (Å²) in [5, 5.41) is 9.72. The molecule has 140 valence electrons. The first-order chi connectivity index (χ1) is 12.0. The maximum Gasteiger partial charge on any atom is 0.0661 e. The SMILES string of the molecule is COC1CCC2CCC3C4CCC(C#N)C4(C)CC(OC)C3C2(C)C1. The summed E-state index contributed by atoms with van der Waals surface area (Å²) in [6, 6.07) is 2.65. The standard InChI is InChI=1S/C22H35NO2/c1-21-12-19(25-4)20-17(18(21)10-7-15(21)13-23)9-6-14-5-8-16(24-3)11-22(14,20)2/h14-20H,5-12H2,1-4H3. The normalized spacial score (nSPS) is 54.9. The molecule has 4 rings (SSSR count). The lowest BCUT2D eigenvalue weighted by Crippen LogP contribution is -2.59. The highest BCUT2D eigenvalue weighted by atomic mass is 16.5. The second-order valence-corrected chi connectivity index (χ2v) is 9.96. The zero-order valence-corrected chi connectivity index (χ0v) is 16.5. The quantitative estimate of drug-likeness (QED) is 0.721. The van der Waals surface area contributed by atoms with Crippen LogP contribution >= 0.6 is 0 Å². The first-order valence-electron chi connectivity index (χ1n) is 10.4. The summed E-state index contributed by atoms with van der Waals surface area (Å²) in [6.45, 7) is 4.94. The van der Waals surface area contributed by atoms with Gasteiger partial charge in [0.2, 0.25) is 0 Å². The molecule has 4 fully saturated rings. The minimum atomic E-state index is 0.162. The van der Waals surface area contributed by atoms with Gasteiger partial charge in [-0.05, 0) is 85.9 Å². The van der Waals surface area contributed by atoms with Crippen LogP contribution in [0.15, 0.2) is 0 Å². The zero-order chi connectivity index (χ0) is 17.8. The molecule has 0 aromatic rings. The van der Waals surface area contributed by atoms with E-state index in [-0.39, 0.29) is 11.3 Å². The maximum absolute atomic E-state index is 9.72. The minimum absolute atomic E-state index is 0.162. The van der Waals surface area contributed by atoms with Gasteiger partial charge in [-0.15, -0.1) is 0 Å². The van der Waals surface area contributed by atoms with Crippen molar-refractivity contribution in [3.8, 4) is 6.07 Å². The van der Waals surface area contributed by atoms with Crippen LogP contribution < -0.4 is 0 Å². The van der Waals surface area contributed by atoms with Crippen molar-refractivity contribution in [2.75, 3.05) is 14.2 Å². The number of fused-ring (bicyclic) bond motifs is 5. The molecule has 25 heavy (non-hydrogen) atoms. The topological polar surface area (TPSA) is 42.2 Å². The molecule has 3 heteroatoms. The minimum Gasteiger partial charge on any atom is -0.381 e. The van der Waals surface area contributed by atoms with E-state index in [9.17, 15) is 5.26 Å². The predicted octanol–water partition coefficient (Wildman–Crippen LogP) is 4.81. The van der Waals surface area contributed by atoms with Crippen LogP contribution in [0.2, 0.25) is 0 Å². The second-order valence-electron chi connectivity index (χ2n) is 9.96. The van der Waals surface area contributed by atoms with Gasteiger partial charge >= 0.3 is 0 Å². The molecule has 0 radical (unpaired) electrons. The van der Waals surface area contributed by atoms with Gasteiger partial charge in [-0.2, -0.15) is 5.26 Å². The van der Waals surface area contributed by atoms with Crippen LogP contribution in [0.5, 0.6) is 0 Å². The largest absolute Gasteiger partial charge is 0.381 e. The number of rotatable bonds is 2. The van der Waals surface area contributed by atoms with E-state index in [1.807, 2.05) is 14.2 Å². The van der Waals surface area contributed by atoms with E-state index in [0.717, 1.165) is 24.7 Å². The highest BCUT2D eigenvalue weighted by molar-refractivity contribution is 5.15. The van der Waals surface area contributed by atoms with E-state index in [0.29, 0.717) is 29.5 Å². The van der Waals surface area contributed by atoms with Crippen LogP contribution in [0.25, 0.3) is 0 Å². The van der Waals surface area contributed by atoms with E-state index in [2.05, 4.69) is 19.9 Å². The average molecular weight is 346 g/mol. The Kier molecular flexibility index (Phi) is 4.44. The van der Waals surface area contributed by atoms with Crippen molar-refractivity contribution < 1.29 is 9.47 Å². The lowest BCUT2D eigenvalue weighted by Gasteiger charge is -2.62. The van der Waals surface area contributed by atoms with Crippen LogP contribution in [0, 0.1) is 51.8 Å². The monoisotopic (exact) mass is 345 g/mol. The summed E-state index contributed by atoms with van der Waals surface area (Å²) < 4.78 is 12.0. The summed E-state index contributed by atoms with van der Waals surface area (Å²) in [4.78, 5) is 0. The van der Waals surface area contributed by atoms with Gasteiger partial charge in [0.1, 0.15) is 0 Å². The van der Waals surface area contributed by atoms with Gasteiger partial charge in [0.15, 0.2) is 0 Å². The Balaban J connectivity index is 1.70. The highest BCUT2D eigenvalue weighted by Gasteiger charge is 2.63. The molecule has 4 aliphatic rings. The van der Waals surface area contributed by atoms with Crippen LogP contribution in [-0.2, 0) is 9.47 Å². The van der Waals surface area contributed by atoms with E-state index < -0.39 is 0 Å². The second kappa shape index (κ2) is 6.24. The number of nitrogens with zero attached hydrogens (tertiary/aromatic N) is 1. The summed E-state index contributed by atoms with van der Waals surface area (Å²) in [5.41, 5.74) is 0.504. The molecule has 4 saturated carbocycles. The van der Waals surface area contributed by atoms with Crippen LogP contribution in [0.1, 0.15) is 65.2 Å². The number of nitriles is 1. The fourth-order valence-corrected chi connectivity index (χ4v) is 8.04. The van der Waals surface area contributed by atoms with Gasteiger partial charge in [0.05, 0.1) is 24.2 Å². The van der Waals surface area contributed by atoms with Crippen molar-refractivity contribution in [1.82, 2.24) is 0 Å². The Labute approximate surface area is 153 Å². The summed E-state index contributed by atoms with van der Waals surface area (Å²) >= 11 is 0. The molecule has 0 aromatic carbocycles. The fourth-order valence-electron chi connectivity index (χ4n) is 8.04. The van der Waals surface area contributed by atoms with E-state index in [1.165, 1.54) is 38.5 Å². The number of hydrogen-bond donors (Lipinski definition) is 0. The summed E-state index contributed by atoms with van der Waals surface area (Å²) in [6.07, 6.45) is 10.6. The molecule has 0 aliphatic heterocycles. The Bertz CT molecular complexity index is 557. The molecular weight excluding hydrogens is 310 g/mol. The fraction of sp³-hybridized carbons (Fsp3) is 0.955. The van der Waals surface area contributed by atoms with Crippen molar-refractivity contribution in [1.29, 1.82) is 5.26 Å². The number of hydrogen-bond acceptors (Lipinski definition) is 3. The van der Waals surface area contributed by atoms with E-state index >= 15 is 0 Å². The number of methoxy groups -OCH3 is 2. The molecule has 0 N–H and O–H groups in total. The van der Waals surface area contributed by atoms with Crippen molar-refractivity contribution in [2.24, 2.45) is 40.4 Å². The molecular formula is C22H35NO2. The molecule has 9 unspecified atom stereocenters. The smallest absolute Gasteiger partial charge is 0.0661 e. The van der Waals surface area contributed by atoms with Crippen molar-refractivity contribution in [3.05, 3.63) is 0 Å². The van der Waals surface area contributed by atoms with Gasteiger partial charge in [-0.1, -0.05) is 13.8 Å². The predicted molar refractivity (Wildman–Crippen MR) is 97.8 cm³/mol. The van der Waals surface area contributed by atoms with Gasteiger partial charge in [-0.25, -0.2) is 0 Å². The third kappa shape index (κ3) is 2.43. The molecule has 0 heterocycles. The third-order valence-electron chi connectivity index (χ3n) is 9.27. The Morgan fingerprint density at radius 1 is 0.880 bits per heavy atom. The lowest BCUT2D eigenvalue weighted by atomic mass is 9.44. The van der Waals surface area contributed by atoms with Gasteiger partial charge < -0.3 is 9.47 Å². The van der Waals surface area contributed by atoms with Gasteiger partial charge in [-0.3, -0.25) is 0 Å². The lowest BCUT2D eigenvalue weighted by molar-refractivity contribution is -0.187. The molecule has 0 aromatic heterocycles. The molecule has 0 bridgehead atoms. The summed E-state index contributed by atoms with van der Waals surface area (Å²) in [5.74, 6) is 3.15. The molecule has 4 aliphatic carbocycles. The van der Waals surface area contributed by atoms with Crippen molar-refractivity contribution >= 4 is 0 Å². The van der Waals surface area contributed by atoms with Crippen LogP contribution in [0.4, 0.5) is 0 Å². The maximum atomic E-state index is 9.72. The van der Waals surface area contributed by atoms with Crippen LogP contribution in [0.3, 0.4) is 0 Å². The molecule has 0 spiro atoms. The zero-order valence-electron chi connectivity index (χ0n) is 16.5. The summed E-state index contributed by atoms with van der Waals surface area (Å²) in [7, 11) is 3.79. The Hall–Kier alpha value is -0.590. The molecule has 0 saturated heterocycles. The third-order valence-corrected chi connectivity index (χ3v) is 9.27. The number of ether oxygens (including phenoxy) is 2. The first-order valence-corrected chi connectivity index (χ1v) is 10.4. The van der Waals surface area contributed by atoms with Crippen molar-refractivity contribution in [2.45, 2.75) is 77.4 Å². The molecule has 0 amide bonds. The highest BCUT2D eigenvalue weighted by Crippen LogP contribution is 2.67. The van der Waals surface area contributed by atoms with Crippen molar-refractivity contribution in [3.63, 3.8) is 0 Å². The van der Waals surface area contributed by atoms with E-state index in [4.69, 9.17) is 9.47 Å². The molecule has 9 atom stereocenters. The molecule has 3 nitrogen and oxygen atoms in total. The Morgan fingerprint density at radius 2 is 1.64 bits per heavy atom. The Morgan fingerprint density at radius 3 is 2.32 bits per heavy atom. The van der Waals surface area contributed by atoms with Crippen LogP contribution in [-0.4, -0.2) is 26.4 Å².